The van der Waals surface area contributed by atoms with E-state index in [0.717, 1.165) is 31.6 Å². The molecule has 1 aromatic heterocycles. The Bertz CT molecular complexity index is 336. The highest BCUT2D eigenvalue weighted by Crippen LogP contribution is 2.22. The molecule has 0 radical (unpaired) electrons. The number of nitrogens with two attached hydrogens (primary N) is 1. The zero-order chi connectivity index (χ0) is 14.7. The van der Waals surface area contributed by atoms with Crippen molar-refractivity contribution < 1.29 is 4.74 Å². The van der Waals surface area contributed by atoms with Crippen molar-refractivity contribution in [2.24, 2.45) is 0 Å². The van der Waals surface area contributed by atoms with Gasteiger partial charge in [0, 0.05) is 30.9 Å². The molecule has 0 unspecified atom stereocenters. The van der Waals surface area contributed by atoms with Gasteiger partial charge in [0.15, 0.2) is 0 Å². The number of rotatable bonds is 7. The summed E-state index contributed by atoms with van der Waals surface area (Å²) >= 11 is 0. The minimum Gasteiger partial charge on any atom is -0.478 e. The van der Waals surface area contributed by atoms with Crippen molar-refractivity contribution in [2.75, 3.05) is 30.3 Å². The Morgan fingerprint density at radius 1 is 1.11 bits per heavy atom. The summed E-state index contributed by atoms with van der Waals surface area (Å²) in [5, 5.41) is 0. The van der Waals surface area contributed by atoms with E-state index in [1.54, 1.807) is 0 Å². The summed E-state index contributed by atoms with van der Waals surface area (Å²) in [6.45, 7) is 13.0. The van der Waals surface area contributed by atoms with Crippen molar-refractivity contribution in [2.45, 2.75) is 47.5 Å². The Morgan fingerprint density at radius 3 is 2.16 bits per heavy atom. The Balaban J connectivity index is 0.00000154. The van der Waals surface area contributed by atoms with Gasteiger partial charge in [-0.05, 0) is 19.8 Å². The summed E-state index contributed by atoms with van der Waals surface area (Å²) in [5.74, 6) is 1.13. The first kappa shape index (κ1) is 17.6. The molecule has 2 N–H and O–H groups in total. The third-order valence-electron chi connectivity index (χ3n) is 2.45. The maximum Gasteiger partial charge on any atom is 0.217 e. The lowest BCUT2D eigenvalue weighted by atomic mass is 10.3. The number of nitrogen functional groups attached to an aromatic ring is 1. The number of nitrogens with zero attached hydrogens (tertiary/aromatic N) is 2. The van der Waals surface area contributed by atoms with Crippen LogP contribution in [0.1, 0.15) is 47.5 Å². The van der Waals surface area contributed by atoms with E-state index in [1.807, 2.05) is 32.9 Å². The second-order valence-electron chi connectivity index (χ2n) is 4.01. The maximum atomic E-state index is 5.80. The lowest BCUT2D eigenvalue weighted by molar-refractivity contribution is 0.327. The van der Waals surface area contributed by atoms with Crippen molar-refractivity contribution in [3.63, 3.8) is 0 Å². The van der Waals surface area contributed by atoms with Gasteiger partial charge in [-0.3, -0.25) is 0 Å². The topological polar surface area (TPSA) is 51.4 Å². The first-order valence-corrected chi connectivity index (χ1v) is 7.36. The van der Waals surface area contributed by atoms with Crippen LogP contribution in [-0.4, -0.2) is 24.7 Å². The summed E-state index contributed by atoms with van der Waals surface area (Å²) in [6.07, 6.45) is 2.23. The first-order chi connectivity index (χ1) is 9.21. The molecule has 1 rings (SSSR count). The molecule has 4 nitrogen and oxygen atoms in total. The summed E-state index contributed by atoms with van der Waals surface area (Å²) < 4.78 is 5.42. The van der Waals surface area contributed by atoms with E-state index in [9.17, 15) is 0 Å². The highest BCUT2D eigenvalue weighted by Gasteiger charge is 2.08. The van der Waals surface area contributed by atoms with Gasteiger partial charge < -0.3 is 15.4 Å². The molecule has 0 saturated carbocycles. The molecule has 110 valence electrons. The van der Waals surface area contributed by atoms with Gasteiger partial charge in [-0.25, -0.2) is 0 Å². The SMILES string of the molecule is CC.CCCN(CCC)c1cc(N)nc(OCC)c1. The van der Waals surface area contributed by atoms with Crippen LogP contribution in [0.3, 0.4) is 0 Å². The number of hydrogen-bond acceptors (Lipinski definition) is 4. The van der Waals surface area contributed by atoms with Gasteiger partial charge >= 0.3 is 0 Å². The summed E-state index contributed by atoms with van der Waals surface area (Å²) in [5.41, 5.74) is 6.90. The number of pyridine rings is 1. The molecule has 0 spiro atoms. The fourth-order valence-electron chi connectivity index (χ4n) is 1.83. The number of hydrogen-bond donors (Lipinski definition) is 1. The minimum absolute atomic E-state index is 0.517. The van der Waals surface area contributed by atoms with E-state index in [2.05, 4.69) is 23.7 Å². The maximum absolute atomic E-state index is 5.80. The van der Waals surface area contributed by atoms with Crippen molar-refractivity contribution in [3.05, 3.63) is 12.1 Å². The van der Waals surface area contributed by atoms with Crippen LogP contribution in [0.25, 0.3) is 0 Å². The quantitative estimate of drug-likeness (QED) is 0.818. The van der Waals surface area contributed by atoms with Crippen molar-refractivity contribution >= 4 is 11.5 Å². The van der Waals surface area contributed by atoms with Gasteiger partial charge in [-0.2, -0.15) is 4.98 Å². The van der Waals surface area contributed by atoms with Crippen molar-refractivity contribution in [3.8, 4) is 5.88 Å². The van der Waals surface area contributed by atoms with E-state index in [1.165, 1.54) is 0 Å². The van der Waals surface area contributed by atoms with Crippen LogP contribution in [0.5, 0.6) is 5.88 Å². The fraction of sp³-hybridized carbons (Fsp3) is 0.667. The van der Waals surface area contributed by atoms with Crippen LogP contribution in [-0.2, 0) is 0 Å². The summed E-state index contributed by atoms with van der Waals surface area (Å²) in [7, 11) is 0. The molecule has 1 aromatic rings. The third kappa shape index (κ3) is 6.32. The predicted molar refractivity (Wildman–Crippen MR) is 84.0 cm³/mol. The van der Waals surface area contributed by atoms with E-state index in [0.29, 0.717) is 18.3 Å². The Hall–Kier alpha value is -1.45. The molecule has 0 aromatic carbocycles. The second-order valence-corrected chi connectivity index (χ2v) is 4.01. The van der Waals surface area contributed by atoms with E-state index in [-0.39, 0.29) is 0 Å². The highest BCUT2D eigenvalue weighted by molar-refractivity contribution is 5.55. The first-order valence-electron chi connectivity index (χ1n) is 7.36. The van der Waals surface area contributed by atoms with Crippen LogP contribution in [0.15, 0.2) is 12.1 Å². The fourth-order valence-corrected chi connectivity index (χ4v) is 1.83. The second kappa shape index (κ2) is 10.5. The molecule has 0 fully saturated rings. The average molecular weight is 267 g/mol. The van der Waals surface area contributed by atoms with Gasteiger partial charge in [0.05, 0.1) is 6.61 Å². The molecule has 0 aliphatic carbocycles. The molecule has 4 heteroatoms. The van der Waals surface area contributed by atoms with Crippen LogP contribution in [0.4, 0.5) is 11.5 Å². The van der Waals surface area contributed by atoms with Crippen LogP contribution in [0.2, 0.25) is 0 Å². The molecule has 0 atom stereocenters. The number of ether oxygens (including phenoxy) is 1. The van der Waals surface area contributed by atoms with Gasteiger partial charge in [0.25, 0.3) is 0 Å². The molecule has 1 heterocycles. The van der Waals surface area contributed by atoms with E-state index < -0.39 is 0 Å². The normalized spacial score (nSPS) is 9.53. The molecule has 0 amide bonds. The average Bonchev–Trinajstić information content (AvgIpc) is 2.40. The molecular weight excluding hydrogens is 238 g/mol. The smallest absolute Gasteiger partial charge is 0.217 e. The lowest BCUT2D eigenvalue weighted by Crippen LogP contribution is -2.25. The molecule has 19 heavy (non-hydrogen) atoms. The standard InChI is InChI=1S/C13H23N3O.C2H6/c1-4-7-16(8-5-2)11-9-12(14)15-13(10-11)17-6-3;1-2/h9-10H,4-8H2,1-3H3,(H2,14,15);1-2H3. The molecular formula is C15H29N3O. The van der Waals surface area contributed by atoms with E-state index >= 15 is 0 Å². The van der Waals surface area contributed by atoms with Crippen molar-refractivity contribution in [1.82, 2.24) is 4.98 Å². The highest BCUT2D eigenvalue weighted by atomic mass is 16.5. The van der Waals surface area contributed by atoms with Crippen LogP contribution in [0, 0.1) is 0 Å². The number of aromatic nitrogens is 1. The zero-order valence-corrected chi connectivity index (χ0v) is 13.1. The van der Waals surface area contributed by atoms with E-state index in [4.69, 9.17) is 10.5 Å². The Kier molecular flexibility index (Phi) is 9.67. The minimum atomic E-state index is 0.517. The number of anilines is 2. The predicted octanol–water partition coefficient (Wildman–Crippen LogP) is 3.72. The lowest BCUT2D eigenvalue weighted by Gasteiger charge is -2.24. The Morgan fingerprint density at radius 2 is 1.68 bits per heavy atom. The third-order valence-corrected chi connectivity index (χ3v) is 2.45. The molecule has 0 aliphatic heterocycles. The largest absolute Gasteiger partial charge is 0.478 e. The molecule has 0 aliphatic rings. The monoisotopic (exact) mass is 267 g/mol. The zero-order valence-electron chi connectivity index (χ0n) is 13.1. The summed E-state index contributed by atoms with van der Waals surface area (Å²) in [6, 6.07) is 3.87. The van der Waals surface area contributed by atoms with Gasteiger partial charge in [0.2, 0.25) is 5.88 Å². The summed E-state index contributed by atoms with van der Waals surface area (Å²) in [4.78, 5) is 6.48. The molecule has 0 bridgehead atoms. The Labute approximate surface area is 118 Å². The van der Waals surface area contributed by atoms with Gasteiger partial charge in [-0.15, -0.1) is 0 Å². The molecule has 0 saturated heterocycles. The van der Waals surface area contributed by atoms with Gasteiger partial charge in [0.1, 0.15) is 5.82 Å². The van der Waals surface area contributed by atoms with Crippen LogP contribution < -0.4 is 15.4 Å². The van der Waals surface area contributed by atoms with Crippen molar-refractivity contribution in [1.29, 1.82) is 0 Å². The van der Waals surface area contributed by atoms with Crippen LogP contribution >= 0.6 is 0 Å². The van der Waals surface area contributed by atoms with Gasteiger partial charge in [-0.1, -0.05) is 27.7 Å².